The monoisotopic (exact) mass is 293 g/mol. The van der Waals surface area contributed by atoms with Crippen molar-refractivity contribution in [3.63, 3.8) is 0 Å². The number of hydrogen-bond donors (Lipinski definition) is 0. The Balaban J connectivity index is 2.18. The molecule has 3 heteroatoms. The third-order valence-electron chi connectivity index (χ3n) is 3.69. The summed E-state index contributed by atoms with van der Waals surface area (Å²) in [6.07, 6.45) is 1.82. The third-order valence-corrected chi connectivity index (χ3v) is 3.69. The van der Waals surface area contributed by atoms with E-state index in [2.05, 4.69) is 0 Å². The molecule has 0 atom stereocenters. The van der Waals surface area contributed by atoms with E-state index in [4.69, 9.17) is 0 Å². The zero-order chi connectivity index (χ0) is 15.5. The maximum Gasteiger partial charge on any atom is 0.255 e. The molecular formula is C19H16FNO. The van der Waals surface area contributed by atoms with Crippen molar-refractivity contribution in [1.82, 2.24) is 4.57 Å². The van der Waals surface area contributed by atoms with Crippen molar-refractivity contribution in [3.8, 4) is 16.8 Å². The Morgan fingerprint density at radius 2 is 1.77 bits per heavy atom. The molecule has 3 aromatic rings. The van der Waals surface area contributed by atoms with Gasteiger partial charge >= 0.3 is 0 Å². The van der Waals surface area contributed by atoms with Crippen LogP contribution in [-0.2, 0) is 6.67 Å². The fourth-order valence-electron chi connectivity index (χ4n) is 2.54. The Morgan fingerprint density at radius 3 is 2.50 bits per heavy atom. The Hall–Kier alpha value is -2.68. The molecule has 2 nitrogen and oxygen atoms in total. The van der Waals surface area contributed by atoms with Crippen LogP contribution in [0, 0.1) is 6.92 Å². The molecule has 0 radical (unpaired) electrons. The molecule has 0 saturated carbocycles. The number of halogens is 1. The summed E-state index contributed by atoms with van der Waals surface area (Å²) >= 11 is 0. The predicted octanol–water partition coefficient (Wildman–Crippen LogP) is 4.28. The number of nitrogens with zero attached hydrogens (tertiary/aromatic N) is 1. The van der Waals surface area contributed by atoms with Gasteiger partial charge in [0.25, 0.3) is 5.56 Å². The minimum Gasteiger partial charge on any atom is -0.284 e. The summed E-state index contributed by atoms with van der Waals surface area (Å²) in [6, 6.07) is 18.5. The normalized spacial score (nSPS) is 10.6. The van der Waals surface area contributed by atoms with E-state index in [1.807, 2.05) is 49.5 Å². The van der Waals surface area contributed by atoms with Crippen molar-refractivity contribution in [3.05, 3.63) is 88.3 Å². The van der Waals surface area contributed by atoms with Gasteiger partial charge in [0.1, 0.15) is 6.67 Å². The topological polar surface area (TPSA) is 22.0 Å². The Kier molecular flexibility index (Phi) is 3.88. The Morgan fingerprint density at radius 1 is 1.00 bits per heavy atom. The van der Waals surface area contributed by atoms with Gasteiger partial charge in [0.15, 0.2) is 0 Å². The summed E-state index contributed by atoms with van der Waals surface area (Å²) in [5.74, 6) is 0. The SMILES string of the molecule is Cc1cc(=O)n(-c2cccc(CF)c2)cc1-c1ccccc1. The first kappa shape index (κ1) is 14.3. The van der Waals surface area contributed by atoms with Gasteiger partial charge in [-0.15, -0.1) is 0 Å². The first-order valence-corrected chi connectivity index (χ1v) is 7.13. The zero-order valence-electron chi connectivity index (χ0n) is 12.3. The van der Waals surface area contributed by atoms with E-state index in [0.29, 0.717) is 11.3 Å². The highest BCUT2D eigenvalue weighted by Crippen LogP contribution is 2.22. The van der Waals surface area contributed by atoms with Gasteiger partial charge in [-0.1, -0.05) is 42.5 Å². The van der Waals surface area contributed by atoms with Crippen LogP contribution >= 0.6 is 0 Å². The van der Waals surface area contributed by atoms with Gasteiger partial charge in [0.05, 0.1) is 0 Å². The summed E-state index contributed by atoms with van der Waals surface area (Å²) in [6.45, 7) is 1.38. The van der Waals surface area contributed by atoms with E-state index in [0.717, 1.165) is 16.7 Å². The molecule has 0 saturated heterocycles. The summed E-state index contributed by atoms with van der Waals surface area (Å²) in [5, 5.41) is 0. The molecule has 0 aliphatic heterocycles. The van der Waals surface area contributed by atoms with Crippen LogP contribution in [0.1, 0.15) is 11.1 Å². The van der Waals surface area contributed by atoms with Crippen molar-refractivity contribution in [2.24, 2.45) is 0 Å². The van der Waals surface area contributed by atoms with Crippen molar-refractivity contribution in [1.29, 1.82) is 0 Å². The van der Waals surface area contributed by atoms with Crippen molar-refractivity contribution < 1.29 is 4.39 Å². The van der Waals surface area contributed by atoms with Crippen LogP contribution in [0.5, 0.6) is 0 Å². The van der Waals surface area contributed by atoms with Crippen molar-refractivity contribution >= 4 is 0 Å². The highest BCUT2D eigenvalue weighted by molar-refractivity contribution is 5.66. The fourth-order valence-corrected chi connectivity index (χ4v) is 2.54. The number of hydrogen-bond acceptors (Lipinski definition) is 1. The number of benzene rings is 2. The largest absolute Gasteiger partial charge is 0.284 e. The minimum atomic E-state index is -0.542. The third kappa shape index (κ3) is 2.70. The molecule has 0 spiro atoms. The maximum absolute atomic E-state index is 12.8. The van der Waals surface area contributed by atoms with Crippen LogP contribution in [0.4, 0.5) is 4.39 Å². The van der Waals surface area contributed by atoms with Crippen LogP contribution in [0.3, 0.4) is 0 Å². The lowest BCUT2D eigenvalue weighted by Crippen LogP contribution is -2.17. The van der Waals surface area contributed by atoms with E-state index in [1.54, 1.807) is 28.8 Å². The Labute approximate surface area is 128 Å². The van der Waals surface area contributed by atoms with Crippen molar-refractivity contribution in [2.75, 3.05) is 0 Å². The Bertz CT molecular complexity index is 853. The van der Waals surface area contributed by atoms with Gasteiger partial charge in [-0.25, -0.2) is 4.39 Å². The van der Waals surface area contributed by atoms with Gasteiger partial charge in [-0.2, -0.15) is 0 Å². The molecular weight excluding hydrogens is 277 g/mol. The summed E-state index contributed by atoms with van der Waals surface area (Å²) in [7, 11) is 0. The standard InChI is InChI=1S/C19H16FNO/c1-14-10-19(22)21(17-9-5-6-15(11-17)12-20)13-18(14)16-7-3-2-4-8-16/h2-11,13H,12H2,1H3. The maximum atomic E-state index is 12.8. The fraction of sp³-hybridized carbons (Fsp3) is 0.105. The van der Waals surface area contributed by atoms with Gasteiger partial charge in [0, 0.05) is 23.5 Å². The van der Waals surface area contributed by atoms with Crippen LogP contribution in [-0.4, -0.2) is 4.57 Å². The van der Waals surface area contributed by atoms with Gasteiger partial charge in [-0.05, 0) is 35.7 Å². The molecule has 0 aliphatic rings. The molecule has 1 aromatic heterocycles. The van der Waals surface area contributed by atoms with Crippen LogP contribution < -0.4 is 5.56 Å². The zero-order valence-corrected chi connectivity index (χ0v) is 12.3. The lowest BCUT2D eigenvalue weighted by molar-refractivity contribution is 0.485. The van der Waals surface area contributed by atoms with Crippen LogP contribution in [0.2, 0.25) is 0 Å². The van der Waals surface area contributed by atoms with E-state index < -0.39 is 6.67 Å². The number of aryl methyl sites for hydroxylation is 1. The number of alkyl halides is 1. The lowest BCUT2D eigenvalue weighted by atomic mass is 10.0. The first-order valence-electron chi connectivity index (χ1n) is 7.13. The molecule has 2 aromatic carbocycles. The first-order chi connectivity index (χ1) is 10.7. The highest BCUT2D eigenvalue weighted by atomic mass is 19.1. The predicted molar refractivity (Wildman–Crippen MR) is 87.0 cm³/mol. The molecule has 0 amide bonds. The molecule has 0 unspecified atom stereocenters. The molecule has 0 N–H and O–H groups in total. The highest BCUT2D eigenvalue weighted by Gasteiger charge is 2.07. The van der Waals surface area contributed by atoms with E-state index in [1.165, 1.54) is 0 Å². The number of pyridine rings is 1. The smallest absolute Gasteiger partial charge is 0.255 e. The van der Waals surface area contributed by atoms with E-state index in [9.17, 15) is 9.18 Å². The van der Waals surface area contributed by atoms with Gasteiger partial charge < -0.3 is 0 Å². The second-order valence-corrected chi connectivity index (χ2v) is 5.25. The van der Waals surface area contributed by atoms with Crippen LogP contribution in [0.25, 0.3) is 16.8 Å². The molecule has 0 fully saturated rings. The second kappa shape index (κ2) is 5.98. The van der Waals surface area contributed by atoms with E-state index >= 15 is 0 Å². The number of rotatable bonds is 3. The summed E-state index contributed by atoms with van der Waals surface area (Å²) < 4.78 is 14.4. The average molecular weight is 293 g/mol. The molecule has 22 heavy (non-hydrogen) atoms. The molecule has 0 aliphatic carbocycles. The van der Waals surface area contributed by atoms with E-state index in [-0.39, 0.29) is 5.56 Å². The second-order valence-electron chi connectivity index (χ2n) is 5.25. The number of aromatic nitrogens is 1. The van der Waals surface area contributed by atoms with Gasteiger partial charge in [-0.3, -0.25) is 9.36 Å². The summed E-state index contributed by atoms with van der Waals surface area (Å²) in [5.41, 5.74) is 4.09. The van der Waals surface area contributed by atoms with Crippen molar-refractivity contribution in [2.45, 2.75) is 13.6 Å². The molecule has 110 valence electrons. The van der Waals surface area contributed by atoms with Gasteiger partial charge in [0.2, 0.25) is 0 Å². The molecule has 1 heterocycles. The lowest BCUT2D eigenvalue weighted by Gasteiger charge is -2.12. The minimum absolute atomic E-state index is 0.117. The molecule has 3 rings (SSSR count). The van der Waals surface area contributed by atoms with Crippen LogP contribution in [0.15, 0.2) is 71.7 Å². The average Bonchev–Trinajstić information content (AvgIpc) is 2.56. The summed E-state index contributed by atoms with van der Waals surface area (Å²) in [4.78, 5) is 12.3. The quantitative estimate of drug-likeness (QED) is 0.706. The molecule has 0 bridgehead atoms.